The maximum atomic E-state index is 3.59. The molecule has 0 nitrogen and oxygen atoms in total. The van der Waals surface area contributed by atoms with Crippen molar-refractivity contribution in [3.8, 4) is 0 Å². The Morgan fingerprint density at radius 3 is 2.36 bits per heavy atom. The van der Waals surface area contributed by atoms with Crippen LogP contribution in [-0.2, 0) is 0 Å². The molecule has 11 heavy (non-hydrogen) atoms. The Labute approximate surface area is 78.2 Å². The maximum absolute atomic E-state index is 3.59. The monoisotopic (exact) mass is 216 g/mol. The Bertz CT molecular complexity index is 170. The van der Waals surface area contributed by atoms with Crippen LogP contribution in [0.2, 0.25) is 0 Å². The molecule has 1 heteroatoms. The van der Waals surface area contributed by atoms with Crippen molar-refractivity contribution in [1.82, 2.24) is 0 Å². The maximum Gasteiger partial charge on any atom is 0.0125 e. The molecule has 0 aromatic heterocycles. The highest BCUT2D eigenvalue weighted by molar-refractivity contribution is 9.09. The van der Waals surface area contributed by atoms with Crippen molar-refractivity contribution < 1.29 is 0 Å². The second kappa shape index (κ2) is 2.93. The van der Waals surface area contributed by atoms with Crippen LogP contribution in [0.3, 0.4) is 0 Å². The van der Waals surface area contributed by atoms with Gasteiger partial charge in [-0.05, 0) is 18.3 Å². The molecule has 0 aromatic carbocycles. The van der Waals surface area contributed by atoms with E-state index in [0.29, 0.717) is 10.8 Å². The first-order chi connectivity index (χ1) is 5.02. The van der Waals surface area contributed by atoms with Gasteiger partial charge in [0.15, 0.2) is 0 Å². The smallest absolute Gasteiger partial charge is 0.0125 e. The van der Waals surface area contributed by atoms with Crippen LogP contribution in [0.1, 0.15) is 33.6 Å². The summed E-state index contributed by atoms with van der Waals surface area (Å²) in [5.41, 5.74) is 0.802. The van der Waals surface area contributed by atoms with E-state index in [1.165, 1.54) is 12.8 Å². The van der Waals surface area contributed by atoms with E-state index in [-0.39, 0.29) is 0 Å². The molecular formula is C10H17Br. The second-order valence-electron chi connectivity index (χ2n) is 4.38. The molecular weight excluding hydrogens is 200 g/mol. The zero-order valence-corrected chi connectivity index (χ0v) is 9.24. The minimum Gasteiger partial charge on any atom is -0.0919 e. The van der Waals surface area contributed by atoms with Crippen molar-refractivity contribution in [3.05, 3.63) is 12.2 Å². The molecule has 1 aliphatic carbocycles. The van der Waals surface area contributed by atoms with Crippen LogP contribution in [0.15, 0.2) is 12.2 Å². The summed E-state index contributed by atoms with van der Waals surface area (Å²) in [5.74, 6) is 0. The van der Waals surface area contributed by atoms with Crippen molar-refractivity contribution in [2.45, 2.75) is 33.6 Å². The van der Waals surface area contributed by atoms with Gasteiger partial charge < -0.3 is 0 Å². The molecule has 1 unspecified atom stereocenters. The van der Waals surface area contributed by atoms with Crippen molar-refractivity contribution >= 4 is 15.9 Å². The molecule has 1 rings (SSSR count). The van der Waals surface area contributed by atoms with Gasteiger partial charge in [0.1, 0.15) is 0 Å². The average Bonchev–Trinajstić information content (AvgIpc) is 1.95. The molecule has 0 saturated heterocycles. The zero-order chi connectivity index (χ0) is 8.54. The van der Waals surface area contributed by atoms with Crippen molar-refractivity contribution in [1.29, 1.82) is 0 Å². The molecule has 0 fully saturated rings. The number of allylic oxidation sites excluding steroid dienone is 2. The summed E-state index contributed by atoms with van der Waals surface area (Å²) in [6.07, 6.45) is 7.24. The van der Waals surface area contributed by atoms with Crippen LogP contribution in [0.25, 0.3) is 0 Å². The summed E-state index contributed by atoms with van der Waals surface area (Å²) in [6, 6.07) is 0. The van der Waals surface area contributed by atoms with Gasteiger partial charge in [0, 0.05) is 10.7 Å². The minimum atomic E-state index is 0.352. The quantitative estimate of drug-likeness (QED) is 0.463. The molecule has 0 heterocycles. The molecule has 0 radical (unpaired) electrons. The van der Waals surface area contributed by atoms with E-state index in [1.54, 1.807) is 0 Å². The van der Waals surface area contributed by atoms with Crippen LogP contribution >= 0.6 is 15.9 Å². The first kappa shape index (κ1) is 9.31. The summed E-state index contributed by atoms with van der Waals surface area (Å²) < 4.78 is 0. The van der Waals surface area contributed by atoms with Crippen LogP contribution in [0.4, 0.5) is 0 Å². The fourth-order valence-electron chi connectivity index (χ4n) is 1.52. The highest BCUT2D eigenvalue weighted by Crippen LogP contribution is 2.47. The number of rotatable bonds is 1. The number of alkyl halides is 1. The van der Waals surface area contributed by atoms with Crippen molar-refractivity contribution in [2.75, 3.05) is 5.33 Å². The summed E-state index contributed by atoms with van der Waals surface area (Å²) >= 11 is 3.59. The molecule has 1 aliphatic rings. The topological polar surface area (TPSA) is 0 Å². The van der Waals surface area contributed by atoms with E-state index in [2.05, 4.69) is 48.9 Å². The molecule has 0 saturated carbocycles. The summed E-state index contributed by atoms with van der Waals surface area (Å²) in [4.78, 5) is 0. The SMILES string of the molecule is CC1(C)CCC=CC1(C)CBr. The predicted molar refractivity (Wildman–Crippen MR) is 54.1 cm³/mol. The van der Waals surface area contributed by atoms with Crippen LogP contribution in [0.5, 0.6) is 0 Å². The van der Waals surface area contributed by atoms with Gasteiger partial charge >= 0.3 is 0 Å². The van der Waals surface area contributed by atoms with E-state index < -0.39 is 0 Å². The van der Waals surface area contributed by atoms with Gasteiger partial charge in [0.2, 0.25) is 0 Å². The Balaban J connectivity index is 2.89. The number of halogens is 1. The Morgan fingerprint density at radius 2 is 2.00 bits per heavy atom. The van der Waals surface area contributed by atoms with Crippen LogP contribution in [0, 0.1) is 10.8 Å². The largest absolute Gasteiger partial charge is 0.0919 e. The van der Waals surface area contributed by atoms with Gasteiger partial charge in [-0.2, -0.15) is 0 Å². The molecule has 0 aliphatic heterocycles. The third-order valence-corrected chi connectivity index (χ3v) is 4.41. The van der Waals surface area contributed by atoms with E-state index in [9.17, 15) is 0 Å². The highest BCUT2D eigenvalue weighted by Gasteiger charge is 2.38. The van der Waals surface area contributed by atoms with Gasteiger partial charge in [0.25, 0.3) is 0 Å². The fraction of sp³-hybridized carbons (Fsp3) is 0.800. The Kier molecular flexibility index (Phi) is 2.48. The van der Waals surface area contributed by atoms with E-state index in [1.807, 2.05) is 0 Å². The third kappa shape index (κ3) is 1.53. The standard InChI is InChI=1S/C10H17Br/c1-9(2)6-4-5-7-10(9,3)8-11/h5,7H,4,6,8H2,1-3H3. The lowest BCUT2D eigenvalue weighted by molar-refractivity contribution is 0.148. The molecule has 0 bridgehead atoms. The predicted octanol–water partition coefficient (Wildman–Crippen LogP) is 3.76. The zero-order valence-electron chi connectivity index (χ0n) is 7.65. The Hall–Kier alpha value is 0.220. The number of hydrogen-bond acceptors (Lipinski definition) is 0. The highest BCUT2D eigenvalue weighted by atomic mass is 79.9. The summed E-state index contributed by atoms with van der Waals surface area (Å²) in [6.45, 7) is 7.05. The van der Waals surface area contributed by atoms with Gasteiger partial charge in [-0.25, -0.2) is 0 Å². The number of hydrogen-bond donors (Lipinski definition) is 0. The average molecular weight is 217 g/mol. The lowest BCUT2D eigenvalue weighted by Crippen LogP contribution is -2.36. The molecule has 0 spiro atoms. The molecule has 0 amide bonds. The van der Waals surface area contributed by atoms with Crippen molar-refractivity contribution in [3.63, 3.8) is 0 Å². The lowest BCUT2D eigenvalue weighted by Gasteiger charge is -2.43. The second-order valence-corrected chi connectivity index (χ2v) is 4.94. The third-order valence-electron chi connectivity index (χ3n) is 3.25. The molecule has 1 atom stereocenters. The van der Waals surface area contributed by atoms with Gasteiger partial charge in [-0.15, -0.1) is 0 Å². The fourth-order valence-corrected chi connectivity index (χ4v) is 2.47. The van der Waals surface area contributed by atoms with Crippen LogP contribution in [-0.4, -0.2) is 5.33 Å². The first-order valence-electron chi connectivity index (χ1n) is 4.25. The Morgan fingerprint density at radius 1 is 1.36 bits per heavy atom. The van der Waals surface area contributed by atoms with Crippen molar-refractivity contribution in [2.24, 2.45) is 10.8 Å². The first-order valence-corrected chi connectivity index (χ1v) is 5.38. The normalized spacial score (nSPS) is 35.6. The van der Waals surface area contributed by atoms with E-state index >= 15 is 0 Å². The lowest BCUT2D eigenvalue weighted by atomic mass is 9.63. The molecule has 64 valence electrons. The van der Waals surface area contributed by atoms with Gasteiger partial charge in [-0.3, -0.25) is 0 Å². The molecule has 0 N–H and O–H groups in total. The van der Waals surface area contributed by atoms with Gasteiger partial charge in [-0.1, -0.05) is 48.9 Å². The van der Waals surface area contributed by atoms with Gasteiger partial charge in [0.05, 0.1) is 0 Å². The van der Waals surface area contributed by atoms with Crippen LogP contribution < -0.4 is 0 Å². The summed E-state index contributed by atoms with van der Waals surface area (Å²) in [5, 5.41) is 1.07. The van der Waals surface area contributed by atoms with E-state index in [0.717, 1.165) is 5.33 Å². The molecule has 0 aromatic rings. The van der Waals surface area contributed by atoms with E-state index in [4.69, 9.17) is 0 Å². The minimum absolute atomic E-state index is 0.352. The summed E-state index contributed by atoms with van der Waals surface area (Å²) in [7, 11) is 0.